The number of nitrogens with zero attached hydrogens (tertiary/aromatic N) is 2. The summed E-state index contributed by atoms with van der Waals surface area (Å²) in [4.78, 5) is 17.8. The van der Waals surface area contributed by atoms with E-state index in [0.717, 1.165) is 26.3 Å². The summed E-state index contributed by atoms with van der Waals surface area (Å²) in [5.41, 5.74) is 0.217. The molecule has 0 N–H and O–H groups in total. The number of halogens is 1. The van der Waals surface area contributed by atoms with E-state index in [2.05, 4.69) is 11.8 Å². The first-order valence-electron chi connectivity index (χ1n) is 8.05. The maximum Gasteiger partial charge on any atom is 0.258 e. The molecule has 1 amide bonds. The topological polar surface area (TPSA) is 32.8 Å². The minimum absolute atomic E-state index is 0.185. The number of carbonyl (C=O) groups excluding carboxylic acids is 1. The highest BCUT2D eigenvalue weighted by molar-refractivity contribution is 7.98. The van der Waals surface area contributed by atoms with Crippen LogP contribution >= 0.6 is 11.8 Å². The maximum absolute atomic E-state index is 14.2. The predicted molar refractivity (Wildman–Crippen MR) is 89.4 cm³/mol. The average molecular weight is 338 g/mol. The van der Waals surface area contributed by atoms with E-state index in [-0.39, 0.29) is 11.5 Å². The summed E-state index contributed by atoms with van der Waals surface area (Å²) in [5, 5.41) is 0. The van der Waals surface area contributed by atoms with Gasteiger partial charge in [-0.05, 0) is 24.3 Å². The van der Waals surface area contributed by atoms with Gasteiger partial charge in [0.05, 0.1) is 18.8 Å². The lowest BCUT2D eigenvalue weighted by molar-refractivity contribution is 0.0119. The van der Waals surface area contributed by atoms with Crippen molar-refractivity contribution >= 4 is 17.7 Å². The zero-order valence-electron chi connectivity index (χ0n) is 13.6. The van der Waals surface area contributed by atoms with Crippen LogP contribution in [0.4, 0.5) is 4.39 Å². The predicted octanol–water partition coefficient (Wildman–Crippen LogP) is 2.34. The molecule has 2 atom stereocenters. The van der Waals surface area contributed by atoms with Crippen molar-refractivity contribution in [2.24, 2.45) is 5.92 Å². The van der Waals surface area contributed by atoms with Crippen molar-refractivity contribution in [1.82, 2.24) is 9.80 Å². The molecule has 2 saturated heterocycles. The van der Waals surface area contributed by atoms with Gasteiger partial charge in [-0.3, -0.25) is 9.69 Å². The van der Waals surface area contributed by atoms with Gasteiger partial charge in [0.25, 0.3) is 5.91 Å². The van der Waals surface area contributed by atoms with Gasteiger partial charge in [-0.15, -0.1) is 11.8 Å². The summed E-state index contributed by atoms with van der Waals surface area (Å²) in [5.74, 6) is -0.221. The Hall–Kier alpha value is -1.11. The molecule has 2 heterocycles. The zero-order valence-corrected chi connectivity index (χ0v) is 14.4. The summed E-state index contributed by atoms with van der Waals surface area (Å²) in [6.45, 7) is 6.84. The summed E-state index contributed by atoms with van der Waals surface area (Å²) in [7, 11) is 0. The Morgan fingerprint density at radius 3 is 2.74 bits per heavy atom. The molecule has 0 spiro atoms. The largest absolute Gasteiger partial charge is 0.379 e. The summed E-state index contributed by atoms with van der Waals surface area (Å²) in [6.07, 6.45) is 1.87. The quantitative estimate of drug-likeness (QED) is 0.792. The van der Waals surface area contributed by atoms with Gasteiger partial charge in [-0.1, -0.05) is 13.0 Å². The van der Waals surface area contributed by atoms with Crippen molar-refractivity contribution in [2.75, 3.05) is 45.6 Å². The normalized spacial score (nSPS) is 25.8. The fourth-order valence-corrected chi connectivity index (χ4v) is 4.14. The standard InChI is InChI=1S/C17H23FN2O2S/c1-12-10-20(11-14(12)19-6-8-22-9-7-19)17(21)16-13(18)4-3-5-15(16)23-2/h3-5,12,14H,6-11H2,1-2H3/t12-,14-/m1/s1. The van der Waals surface area contributed by atoms with Crippen molar-refractivity contribution in [2.45, 2.75) is 17.9 Å². The van der Waals surface area contributed by atoms with Gasteiger partial charge in [-0.25, -0.2) is 4.39 Å². The van der Waals surface area contributed by atoms with Crippen LogP contribution in [-0.4, -0.2) is 67.4 Å². The highest BCUT2D eigenvalue weighted by atomic mass is 32.2. The number of thioether (sulfide) groups is 1. The lowest BCUT2D eigenvalue weighted by atomic mass is 10.0. The molecule has 1 aromatic carbocycles. The number of hydrogen-bond donors (Lipinski definition) is 0. The zero-order chi connectivity index (χ0) is 16.4. The molecule has 0 aliphatic carbocycles. The van der Waals surface area contributed by atoms with Gasteiger partial charge < -0.3 is 9.64 Å². The highest BCUT2D eigenvalue weighted by Gasteiger charge is 2.37. The summed E-state index contributed by atoms with van der Waals surface area (Å²) < 4.78 is 19.6. The van der Waals surface area contributed by atoms with Gasteiger partial charge >= 0.3 is 0 Å². The molecule has 0 saturated carbocycles. The second kappa shape index (κ2) is 7.20. The number of carbonyl (C=O) groups is 1. The number of likely N-dealkylation sites (tertiary alicyclic amines) is 1. The molecular formula is C17H23FN2O2S. The lowest BCUT2D eigenvalue weighted by Gasteiger charge is -2.34. The number of ether oxygens (including phenoxy) is 1. The second-order valence-corrected chi connectivity index (χ2v) is 7.07. The van der Waals surface area contributed by atoms with Crippen LogP contribution in [0.1, 0.15) is 17.3 Å². The molecule has 0 aromatic heterocycles. The van der Waals surface area contributed by atoms with E-state index >= 15 is 0 Å². The SMILES string of the molecule is CSc1cccc(F)c1C(=O)N1C[C@@H](C)[C@H](N2CCOCC2)C1. The maximum atomic E-state index is 14.2. The monoisotopic (exact) mass is 338 g/mol. The van der Waals surface area contributed by atoms with Crippen LogP contribution in [0.25, 0.3) is 0 Å². The van der Waals surface area contributed by atoms with Gasteiger partial charge in [0.1, 0.15) is 5.82 Å². The Kier molecular flexibility index (Phi) is 5.24. The molecule has 3 rings (SSSR count). The van der Waals surface area contributed by atoms with Gasteiger partial charge in [-0.2, -0.15) is 0 Å². The number of hydrogen-bond acceptors (Lipinski definition) is 4. The Bertz CT molecular complexity index is 578. The van der Waals surface area contributed by atoms with Crippen LogP contribution in [0.3, 0.4) is 0 Å². The Labute approximate surface area is 141 Å². The highest BCUT2D eigenvalue weighted by Crippen LogP contribution is 2.28. The Morgan fingerprint density at radius 2 is 2.04 bits per heavy atom. The second-order valence-electron chi connectivity index (χ2n) is 6.22. The third-order valence-electron chi connectivity index (χ3n) is 4.78. The average Bonchev–Trinajstić information content (AvgIpc) is 2.96. The lowest BCUT2D eigenvalue weighted by Crippen LogP contribution is -2.47. The van der Waals surface area contributed by atoms with E-state index in [0.29, 0.717) is 29.9 Å². The van der Waals surface area contributed by atoms with Crippen LogP contribution in [0.5, 0.6) is 0 Å². The van der Waals surface area contributed by atoms with E-state index in [1.54, 1.807) is 12.1 Å². The van der Waals surface area contributed by atoms with Crippen LogP contribution < -0.4 is 0 Å². The van der Waals surface area contributed by atoms with Crippen LogP contribution in [0, 0.1) is 11.7 Å². The molecule has 126 valence electrons. The molecule has 0 bridgehead atoms. The van der Waals surface area contributed by atoms with Crippen LogP contribution in [0.2, 0.25) is 0 Å². The van der Waals surface area contributed by atoms with E-state index in [1.807, 2.05) is 11.2 Å². The Morgan fingerprint density at radius 1 is 1.30 bits per heavy atom. The molecular weight excluding hydrogens is 315 g/mol. The van der Waals surface area contributed by atoms with Gasteiger partial charge in [0, 0.05) is 37.1 Å². The fraction of sp³-hybridized carbons (Fsp3) is 0.588. The first-order valence-corrected chi connectivity index (χ1v) is 9.28. The van der Waals surface area contributed by atoms with Crippen LogP contribution in [-0.2, 0) is 4.74 Å². The molecule has 2 aliphatic heterocycles. The molecule has 2 fully saturated rings. The van der Waals surface area contributed by atoms with Gasteiger partial charge in [0.15, 0.2) is 0 Å². The van der Waals surface area contributed by atoms with E-state index < -0.39 is 5.82 Å². The van der Waals surface area contributed by atoms with E-state index in [4.69, 9.17) is 4.74 Å². The molecule has 4 nitrogen and oxygen atoms in total. The first kappa shape index (κ1) is 16.7. The number of benzene rings is 1. The number of amides is 1. The van der Waals surface area contributed by atoms with Crippen molar-refractivity contribution in [3.05, 3.63) is 29.6 Å². The van der Waals surface area contributed by atoms with Crippen molar-refractivity contribution < 1.29 is 13.9 Å². The molecule has 1 aromatic rings. The fourth-order valence-electron chi connectivity index (χ4n) is 3.54. The minimum Gasteiger partial charge on any atom is -0.379 e. The minimum atomic E-state index is -0.427. The molecule has 6 heteroatoms. The molecule has 0 radical (unpaired) electrons. The van der Waals surface area contributed by atoms with Crippen molar-refractivity contribution in [3.8, 4) is 0 Å². The van der Waals surface area contributed by atoms with E-state index in [1.165, 1.54) is 17.8 Å². The third kappa shape index (κ3) is 3.39. The molecule has 23 heavy (non-hydrogen) atoms. The van der Waals surface area contributed by atoms with Crippen molar-refractivity contribution in [1.29, 1.82) is 0 Å². The van der Waals surface area contributed by atoms with Crippen LogP contribution in [0.15, 0.2) is 23.1 Å². The Balaban J connectivity index is 1.76. The molecule has 0 unspecified atom stereocenters. The summed E-state index contributed by atoms with van der Waals surface area (Å²) in [6, 6.07) is 5.17. The third-order valence-corrected chi connectivity index (χ3v) is 5.56. The summed E-state index contributed by atoms with van der Waals surface area (Å²) >= 11 is 1.41. The molecule has 2 aliphatic rings. The number of morpholine rings is 1. The first-order chi connectivity index (χ1) is 11.1. The van der Waals surface area contributed by atoms with Crippen molar-refractivity contribution in [3.63, 3.8) is 0 Å². The number of rotatable bonds is 3. The van der Waals surface area contributed by atoms with E-state index in [9.17, 15) is 9.18 Å². The van der Waals surface area contributed by atoms with Gasteiger partial charge in [0.2, 0.25) is 0 Å². The smallest absolute Gasteiger partial charge is 0.258 e.